The standard InChI is InChI=1S/C9H18N4O/c1-7(12-9(10)11)8(14)13-5-3-2-4-6-13/h7H,2-6H2,1H3,(H4,10,11,12). The SMILES string of the molecule is CC(N=C(N)N)C(=O)N1CCCCC1. The first-order chi connectivity index (χ1) is 6.61. The van der Waals surface area contributed by atoms with E-state index in [0.29, 0.717) is 0 Å². The van der Waals surface area contributed by atoms with E-state index < -0.39 is 6.04 Å². The molecule has 0 bridgehead atoms. The molecule has 1 fully saturated rings. The number of carbonyl (C=O) groups excluding carboxylic acids is 1. The van der Waals surface area contributed by atoms with Crippen LogP contribution in [0.5, 0.6) is 0 Å². The summed E-state index contributed by atoms with van der Waals surface area (Å²) in [4.78, 5) is 17.4. The van der Waals surface area contributed by atoms with Gasteiger partial charge in [-0.05, 0) is 26.2 Å². The Bertz CT molecular complexity index is 229. The van der Waals surface area contributed by atoms with Crippen molar-refractivity contribution < 1.29 is 4.79 Å². The van der Waals surface area contributed by atoms with Crippen molar-refractivity contribution in [1.82, 2.24) is 4.90 Å². The lowest BCUT2D eigenvalue weighted by Gasteiger charge is -2.28. The number of guanidine groups is 1. The molecule has 5 nitrogen and oxygen atoms in total. The van der Waals surface area contributed by atoms with Gasteiger partial charge in [-0.1, -0.05) is 0 Å². The molecule has 4 N–H and O–H groups in total. The fourth-order valence-corrected chi connectivity index (χ4v) is 1.66. The maximum atomic E-state index is 11.7. The maximum Gasteiger partial charge on any atom is 0.247 e. The number of nitrogens with two attached hydrogens (primary N) is 2. The Morgan fingerprint density at radius 1 is 1.29 bits per heavy atom. The van der Waals surface area contributed by atoms with Gasteiger partial charge >= 0.3 is 0 Å². The van der Waals surface area contributed by atoms with Gasteiger partial charge in [-0.15, -0.1) is 0 Å². The largest absolute Gasteiger partial charge is 0.370 e. The number of hydrogen-bond donors (Lipinski definition) is 2. The number of rotatable bonds is 2. The average molecular weight is 198 g/mol. The molecule has 1 rings (SSSR count). The average Bonchev–Trinajstić information content (AvgIpc) is 2.17. The number of amides is 1. The van der Waals surface area contributed by atoms with E-state index in [1.54, 1.807) is 6.92 Å². The van der Waals surface area contributed by atoms with Crippen LogP contribution < -0.4 is 11.5 Å². The lowest BCUT2D eigenvalue weighted by atomic mass is 10.1. The first kappa shape index (κ1) is 10.8. The summed E-state index contributed by atoms with van der Waals surface area (Å²) in [7, 11) is 0. The first-order valence-corrected chi connectivity index (χ1v) is 4.99. The highest BCUT2D eigenvalue weighted by Gasteiger charge is 2.21. The van der Waals surface area contributed by atoms with Crippen molar-refractivity contribution in [3.63, 3.8) is 0 Å². The lowest BCUT2D eigenvalue weighted by molar-refractivity contribution is -0.132. The number of hydrogen-bond acceptors (Lipinski definition) is 2. The predicted molar refractivity (Wildman–Crippen MR) is 55.7 cm³/mol. The molecule has 0 spiro atoms. The topological polar surface area (TPSA) is 84.7 Å². The Balaban J connectivity index is 2.50. The molecular formula is C9H18N4O. The van der Waals surface area contributed by atoms with Gasteiger partial charge in [-0.3, -0.25) is 4.79 Å². The quantitative estimate of drug-likeness (QED) is 0.470. The summed E-state index contributed by atoms with van der Waals surface area (Å²) in [5.41, 5.74) is 10.4. The van der Waals surface area contributed by atoms with Gasteiger partial charge in [0.05, 0.1) is 0 Å². The second-order valence-electron chi connectivity index (χ2n) is 3.62. The van der Waals surface area contributed by atoms with Crippen molar-refractivity contribution in [2.75, 3.05) is 13.1 Å². The van der Waals surface area contributed by atoms with Crippen LogP contribution in [0.4, 0.5) is 0 Å². The van der Waals surface area contributed by atoms with E-state index in [9.17, 15) is 4.79 Å². The van der Waals surface area contributed by atoms with Gasteiger partial charge in [0.2, 0.25) is 5.91 Å². The molecule has 0 aromatic carbocycles. The summed E-state index contributed by atoms with van der Waals surface area (Å²) in [6.45, 7) is 3.39. The van der Waals surface area contributed by atoms with Gasteiger partial charge in [0.1, 0.15) is 6.04 Å². The molecule has 1 amide bonds. The van der Waals surface area contributed by atoms with Gasteiger partial charge in [0.15, 0.2) is 5.96 Å². The molecule has 1 heterocycles. The van der Waals surface area contributed by atoms with E-state index in [1.807, 2.05) is 4.90 Å². The zero-order valence-corrected chi connectivity index (χ0v) is 8.57. The molecule has 1 atom stereocenters. The number of nitrogens with zero attached hydrogens (tertiary/aromatic N) is 2. The Kier molecular flexibility index (Phi) is 3.73. The third kappa shape index (κ3) is 2.90. The van der Waals surface area contributed by atoms with Gasteiger partial charge in [-0.2, -0.15) is 0 Å². The van der Waals surface area contributed by atoms with E-state index >= 15 is 0 Å². The normalized spacial score (nSPS) is 18.8. The minimum atomic E-state index is -0.446. The third-order valence-corrected chi connectivity index (χ3v) is 2.37. The van der Waals surface area contributed by atoms with Crippen molar-refractivity contribution in [3.05, 3.63) is 0 Å². The van der Waals surface area contributed by atoms with Crippen LogP contribution in [0.1, 0.15) is 26.2 Å². The van der Waals surface area contributed by atoms with Crippen molar-refractivity contribution >= 4 is 11.9 Å². The fraction of sp³-hybridized carbons (Fsp3) is 0.778. The molecule has 80 valence electrons. The van der Waals surface area contributed by atoms with Gasteiger partial charge in [0.25, 0.3) is 0 Å². The maximum absolute atomic E-state index is 11.7. The molecule has 5 heteroatoms. The van der Waals surface area contributed by atoms with Crippen LogP contribution in [-0.2, 0) is 4.79 Å². The summed E-state index contributed by atoms with van der Waals surface area (Å²) < 4.78 is 0. The van der Waals surface area contributed by atoms with Crippen LogP contribution in [0.25, 0.3) is 0 Å². The van der Waals surface area contributed by atoms with Crippen LogP contribution in [0, 0.1) is 0 Å². The molecule has 0 aromatic heterocycles. The molecule has 1 unspecified atom stereocenters. The van der Waals surface area contributed by atoms with E-state index in [4.69, 9.17) is 11.5 Å². The van der Waals surface area contributed by atoms with Crippen molar-refractivity contribution in [2.45, 2.75) is 32.2 Å². The highest BCUT2D eigenvalue weighted by molar-refractivity contribution is 5.85. The monoisotopic (exact) mass is 198 g/mol. The zero-order chi connectivity index (χ0) is 10.6. The van der Waals surface area contributed by atoms with Crippen LogP contribution >= 0.6 is 0 Å². The number of carbonyl (C=O) groups is 1. The second kappa shape index (κ2) is 4.83. The van der Waals surface area contributed by atoms with E-state index in [-0.39, 0.29) is 11.9 Å². The van der Waals surface area contributed by atoms with E-state index in [0.717, 1.165) is 25.9 Å². The molecule has 0 radical (unpaired) electrons. The fourth-order valence-electron chi connectivity index (χ4n) is 1.66. The van der Waals surface area contributed by atoms with Crippen molar-refractivity contribution in [2.24, 2.45) is 16.5 Å². The molecule has 0 aromatic rings. The van der Waals surface area contributed by atoms with E-state index in [2.05, 4.69) is 4.99 Å². The Morgan fingerprint density at radius 3 is 2.36 bits per heavy atom. The highest BCUT2D eigenvalue weighted by atomic mass is 16.2. The van der Waals surface area contributed by atoms with Crippen molar-refractivity contribution in [3.8, 4) is 0 Å². The molecule has 1 aliphatic heterocycles. The number of piperidine rings is 1. The number of aliphatic imine (C=N–C) groups is 1. The Hall–Kier alpha value is -1.26. The van der Waals surface area contributed by atoms with Crippen LogP contribution in [0.3, 0.4) is 0 Å². The van der Waals surface area contributed by atoms with Gasteiger partial charge < -0.3 is 16.4 Å². The third-order valence-electron chi connectivity index (χ3n) is 2.37. The minimum Gasteiger partial charge on any atom is -0.370 e. The zero-order valence-electron chi connectivity index (χ0n) is 8.57. The first-order valence-electron chi connectivity index (χ1n) is 4.99. The Morgan fingerprint density at radius 2 is 1.86 bits per heavy atom. The second-order valence-corrected chi connectivity index (χ2v) is 3.62. The molecule has 0 saturated carbocycles. The molecular weight excluding hydrogens is 180 g/mol. The summed E-state index contributed by atoms with van der Waals surface area (Å²) in [6.07, 6.45) is 3.38. The summed E-state index contributed by atoms with van der Waals surface area (Å²) in [5.74, 6) is 0.000888. The smallest absolute Gasteiger partial charge is 0.247 e. The Labute approximate surface area is 84.1 Å². The molecule has 0 aliphatic carbocycles. The highest BCUT2D eigenvalue weighted by Crippen LogP contribution is 2.10. The van der Waals surface area contributed by atoms with E-state index in [1.165, 1.54) is 6.42 Å². The van der Waals surface area contributed by atoms with Crippen molar-refractivity contribution in [1.29, 1.82) is 0 Å². The molecule has 14 heavy (non-hydrogen) atoms. The molecule has 1 saturated heterocycles. The summed E-state index contributed by atoms with van der Waals surface area (Å²) in [5, 5.41) is 0. The van der Waals surface area contributed by atoms with Crippen LogP contribution in [0.15, 0.2) is 4.99 Å². The van der Waals surface area contributed by atoms with Crippen LogP contribution in [0.2, 0.25) is 0 Å². The van der Waals surface area contributed by atoms with Gasteiger partial charge in [-0.25, -0.2) is 4.99 Å². The van der Waals surface area contributed by atoms with Crippen LogP contribution in [-0.4, -0.2) is 35.9 Å². The lowest BCUT2D eigenvalue weighted by Crippen LogP contribution is -2.41. The number of likely N-dealkylation sites (tertiary alicyclic amines) is 1. The summed E-state index contributed by atoms with van der Waals surface area (Å²) in [6, 6.07) is -0.446. The summed E-state index contributed by atoms with van der Waals surface area (Å²) >= 11 is 0. The van der Waals surface area contributed by atoms with Gasteiger partial charge in [0, 0.05) is 13.1 Å². The molecule has 1 aliphatic rings. The minimum absolute atomic E-state index is 0.0251. The predicted octanol–water partition coefficient (Wildman–Crippen LogP) is -0.339.